The minimum absolute atomic E-state index is 0.224. The normalized spacial score (nSPS) is 35.3. The Balaban J connectivity index is 1.67. The molecule has 166 valence electrons. The van der Waals surface area contributed by atoms with Crippen LogP contribution in [-0.2, 0) is 19.4 Å². The number of aliphatic carboxylic acids is 1. The molecule has 2 aliphatic heterocycles. The van der Waals surface area contributed by atoms with Crippen molar-refractivity contribution < 1.29 is 23.1 Å². The van der Waals surface area contributed by atoms with Crippen LogP contribution in [0, 0.1) is 11.8 Å². The van der Waals surface area contributed by atoms with Gasteiger partial charge < -0.3 is 10.8 Å². The Hall–Kier alpha value is -1.27. The van der Waals surface area contributed by atoms with Crippen LogP contribution in [0.4, 0.5) is 0 Å². The summed E-state index contributed by atoms with van der Waals surface area (Å²) < 4.78 is 24.5. The SMILES string of the molecule is CS(=O)(=O)C1CCCCC1NC1NC(N2CCC(C(=O)O)CC2)NCC1C(N)=O. The fourth-order valence-corrected chi connectivity index (χ4v) is 6.21. The van der Waals surface area contributed by atoms with Gasteiger partial charge in [-0.25, -0.2) is 8.42 Å². The van der Waals surface area contributed by atoms with E-state index in [-0.39, 0.29) is 18.2 Å². The number of nitrogens with zero attached hydrogens (tertiary/aromatic N) is 1. The van der Waals surface area contributed by atoms with Gasteiger partial charge in [-0.1, -0.05) is 12.8 Å². The molecule has 0 aromatic heterocycles. The number of carboxylic acids is 1. The first-order chi connectivity index (χ1) is 13.7. The summed E-state index contributed by atoms with van der Waals surface area (Å²) in [5, 5.41) is 18.8. The zero-order valence-corrected chi connectivity index (χ0v) is 17.7. The molecule has 0 aromatic carbocycles. The van der Waals surface area contributed by atoms with Crippen molar-refractivity contribution in [1.29, 1.82) is 0 Å². The van der Waals surface area contributed by atoms with Gasteiger partial charge in [0.05, 0.1) is 23.3 Å². The van der Waals surface area contributed by atoms with E-state index in [1.54, 1.807) is 0 Å². The summed E-state index contributed by atoms with van der Waals surface area (Å²) in [6, 6.07) is -0.227. The number of carboxylic acid groups (broad SMARTS) is 1. The fraction of sp³-hybridized carbons (Fsp3) is 0.889. The maximum Gasteiger partial charge on any atom is 0.306 e. The van der Waals surface area contributed by atoms with E-state index in [9.17, 15) is 23.1 Å². The third-order valence-corrected chi connectivity index (χ3v) is 8.19. The fourth-order valence-electron chi connectivity index (χ4n) is 4.80. The number of sulfone groups is 1. The summed E-state index contributed by atoms with van der Waals surface area (Å²) in [6.45, 7) is 1.63. The Labute approximate surface area is 171 Å². The second-order valence-electron chi connectivity index (χ2n) is 8.54. The maximum absolute atomic E-state index is 12.2. The second-order valence-corrected chi connectivity index (χ2v) is 10.8. The van der Waals surface area contributed by atoms with Crippen molar-refractivity contribution in [3.05, 3.63) is 0 Å². The van der Waals surface area contributed by atoms with Crippen molar-refractivity contribution in [2.24, 2.45) is 17.6 Å². The number of piperidine rings is 1. The number of hydrogen-bond acceptors (Lipinski definition) is 8. The van der Waals surface area contributed by atoms with Gasteiger partial charge in [-0.3, -0.25) is 30.4 Å². The van der Waals surface area contributed by atoms with Crippen LogP contribution in [0.25, 0.3) is 0 Å². The van der Waals surface area contributed by atoms with Crippen LogP contribution in [0.15, 0.2) is 0 Å². The predicted molar refractivity (Wildman–Crippen MR) is 107 cm³/mol. The van der Waals surface area contributed by atoms with Gasteiger partial charge in [0.25, 0.3) is 0 Å². The molecule has 2 heterocycles. The minimum atomic E-state index is -3.20. The minimum Gasteiger partial charge on any atom is -0.481 e. The highest BCUT2D eigenvalue weighted by Crippen LogP contribution is 2.26. The molecule has 1 aliphatic carbocycles. The van der Waals surface area contributed by atoms with Gasteiger partial charge in [-0.2, -0.15) is 0 Å². The van der Waals surface area contributed by atoms with Crippen LogP contribution < -0.4 is 21.7 Å². The Kier molecular flexibility index (Phi) is 7.15. The van der Waals surface area contributed by atoms with Crippen molar-refractivity contribution in [2.45, 2.75) is 62.3 Å². The van der Waals surface area contributed by atoms with Crippen molar-refractivity contribution in [3.8, 4) is 0 Å². The molecule has 0 radical (unpaired) electrons. The molecular formula is C18H33N5O5S. The van der Waals surface area contributed by atoms with Crippen LogP contribution in [0.2, 0.25) is 0 Å². The number of amides is 1. The number of carbonyl (C=O) groups excluding carboxylic acids is 1. The van der Waals surface area contributed by atoms with E-state index in [2.05, 4.69) is 20.9 Å². The third kappa shape index (κ3) is 5.46. The number of rotatable bonds is 6. The Morgan fingerprint density at radius 2 is 1.79 bits per heavy atom. The lowest BCUT2D eigenvalue weighted by Crippen LogP contribution is -2.72. The molecule has 0 bridgehead atoms. The lowest BCUT2D eigenvalue weighted by Gasteiger charge is -2.46. The third-order valence-electron chi connectivity index (χ3n) is 6.53. The van der Waals surface area contributed by atoms with Gasteiger partial charge in [0.15, 0.2) is 9.84 Å². The summed E-state index contributed by atoms with van der Waals surface area (Å²) in [6.07, 6.45) is 4.95. The Morgan fingerprint density at radius 3 is 2.38 bits per heavy atom. The van der Waals surface area contributed by atoms with Gasteiger partial charge >= 0.3 is 5.97 Å². The maximum atomic E-state index is 12.2. The summed E-state index contributed by atoms with van der Waals surface area (Å²) in [4.78, 5) is 25.3. The number of nitrogens with one attached hydrogen (secondary N) is 3. The molecule has 5 atom stereocenters. The van der Waals surface area contributed by atoms with Gasteiger partial charge in [-0.05, 0) is 25.7 Å². The van der Waals surface area contributed by atoms with E-state index in [1.165, 1.54) is 6.26 Å². The van der Waals surface area contributed by atoms with Gasteiger partial charge in [0.1, 0.15) is 6.29 Å². The number of carbonyl (C=O) groups is 2. The number of primary amides is 1. The van der Waals surface area contributed by atoms with Crippen LogP contribution in [-0.4, -0.2) is 79.9 Å². The molecular weight excluding hydrogens is 398 g/mol. The van der Waals surface area contributed by atoms with Crippen molar-refractivity contribution in [3.63, 3.8) is 0 Å². The lowest BCUT2D eigenvalue weighted by atomic mass is 9.93. The summed E-state index contributed by atoms with van der Waals surface area (Å²) in [5.74, 6) is -2.03. The highest BCUT2D eigenvalue weighted by atomic mass is 32.2. The number of nitrogens with two attached hydrogens (primary N) is 1. The van der Waals surface area contributed by atoms with E-state index in [0.717, 1.165) is 19.3 Å². The molecule has 1 saturated carbocycles. The molecule has 10 nitrogen and oxygen atoms in total. The smallest absolute Gasteiger partial charge is 0.306 e. The van der Waals surface area contributed by atoms with Crippen molar-refractivity contribution in [1.82, 2.24) is 20.9 Å². The summed E-state index contributed by atoms with van der Waals surface area (Å²) in [7, 11) is -3.20. The van der Waals surface area contributed by atoms with Gasteiger partial charge in [0, 0.05) is 31.9 Å². The molecule has 3 aliphatic rings. The van der Waals surface area contributed by atoms with E-state index in [0.29, 0.717) is 38.9 Å². The Morgan fingerprint density at radius 1 is 1.14 bits per heavy atom. The number of hydrogen-bond donors (Lipinski definition) is 5. The van der Waals surface area contributed by atoms with Crippen LogP contribution in [0.1, 0.15) is 38.5 Å². The topological polar surface area (TPSA) is 154 Å². The molecule has 6 N–H and O–H groups in total. The first-order valence-corrected chi connectivity index (χ1v) is 12.3. The average Bonchev–Trinajstić information content (AvgIpc) is 2.67. The molecule has 5 unspecified atom stereocenters. The van der Waals surface area contributed by atoms with Crippen LogP contribution >= 0.6 is 0 Å². The van der Waals surface area contributed by atoms with Crippen molar-refractivity contribution in [2.75, 3.05) is 25.9 Å². The molecule has 0 spiro atoms. The van der Waals surface area contributed by atoms with Gasteiger partial charge in [0.2, 0.25) is 5.91 Å². The molecule has 0 aromatic rings. The van der Waals surface area contributed by atoms with E-state index in [4.69, 9.17) is 5.73 Å². The highest BCUT2D eigenvalue weighted by Gasteiger charge is 2.41. The zero-order valence-electron chi connectivity index (χ0n) is 16.8. The molecule has 1 amide bonds. The largest absolute Gasteiger partial charge is 0.481 e. The predicted octanol–water partition coefficient (Wildman–Crippen LogP) is -1.37. The monoisotopic (exact) mass is 431 g/mol. The Bertz CT molecular complexity index is 709. The molecule has 2 saturated heterocycles. The van der Waals surface area contributed by atoms with E-state index < -0.39 is 39.0 Å². The summed E-state index contributed by atoms with van der Waals surface area (Å²) in [5.41, 5.74) is 5.60. The first-order valence-electron chi connectivity index (χ1n) is 10.4. The summed E-state index contributed by atoms with van der Waals surface area (Å²) >= 11 is 0. The molecule has 11 heteroatoms. The first kappa shape index (κ1) is 22.4. The van der Waals surface area contributed by atoms with E-state index in [1.807, 2.05) is 0 Å². The van der Waals surface area contributed by atoms with Crippen LogP contribution in [0.5, 0.6) is 0 Å². The quantitative estimate of drug-likeness (QED) is 0.343. The second kappa shape index (κ2) is 9.25. The zero-order chi connectivity index (χ0) is 21.2. The average molecular weight is 432 g/mol. The number of likely N-dealkylation sites (tertiary alicyclic amines) is 1. The highest BCUT2D eigenvalue weighted by molar-refractivity contribution is 7.91. The van der Waals surface area contributed by atoms with Crippen molar-refractivity contribution >= 4 is 21.7 Å². The van der Waals surface area contributed by atoms with E-state index >= 15 is 0 Å². The molecule has 3 fully saturated rings. The standard InChI is InChI=1S/C18H33N5O5S/c1-29(27,28)14-5-3-2-4-13(14)21-16-12(15(19)24)10-20-18(22-16)23-8-6-11(7-9-23)17(25)26/h11-14,16,18,20-22H,2-10H2,1H3,(H2,19,24)(H,25,26). The molecule has 29 heavy (non-hydrogen) atoms. The molecule has 3 rings (SSSR count). The van der Waals surface area contributed by atoms with Gasteiger partial charge in [-0.15, -0.1) is 0 Å². The van der Waals surface area contributed by atoms with Crippen LogP contribution in [0.3, 0.4) is 0 Å². The lowest BCUT2D eigenvalue weighted by molar-refractivity contribution is -0.144.